The Morgan fingerprint density at radius 3 is 3.00 bits per heavy atom. The van der Waals surface area contributed by atoms with Gasteiger partial charge in [-0.1, -0.05) is 22.0 Å². The largest absolute Gasteiger partial charge is 0.325 e. The molecule has 3 nitrogen and oxygen atoms in total. The van der Waals surface area contributed by atoms with Crippen molar-refractivity contribution in [3.8, 4) is 0 Å². The summed E-state index contributed by atoms with van der Waals surface area (Å²) < 4.78 is 0.975. The van der Waals surface area contributed by atoms with Crippen LogP contribution >= 0.6 is 27.7 Å². The minimum Gasteiger partial charge on any atom is -0.325 e. The molecule has 1 fully saturated rings. The molecule has 0 spiro atoms. The number of carbonyl (C=O) groups is 1. The molecule has 1 aliphatic rings. The first kappa shape index (κ1) is 12.9. The number of carbonyl (C=O) groups excluding carboxylic acids is 1. The molecule has 2 N–H and O–H groups in total. The van der Waals surface area contributed by atoms with Crippen molar-refractivity contribution in [3.63, 3.8) is 0 Å². The molecule has 5 heteroatoms. The van der Waals surface area contributed by atoms with Crippen molar-refractivity contribution in [2.24, 2.45) is 5.92 Å². The van der Waals surface area contributed by atoms with Crippen molar-refractivity contribution in [2.75, 3.05) is 29.9 Å². The molecule has 1 aromatic carbocycles. The fourth-order valence-corrected chi connectivity index (χ4v) is 2.89. The monoisotopic (exact) mass is 314 g/mol. The van der Waals surface area contributed by atoms with Crippen LogP contribution in [-0.4, -0.2) is 30.5 Å². The van der Waals surface area contributed by atoms with Crippen LogP contribution in [0, 0.1) is 5.92 Å². The second kappa shape index (κ2) is 6.42. The number of anilines is 1. The SMILES string of the molecule is O=C(CSCC1CNC1)Nc1cccc(Br)c1. The molecule has 1 heterocycles. The Balaban J connectivity index is 1.69. The summed E-state index contributed by atoms with van der Waals surface area (Å²) in [5.41, 5.74) is 0.843. The fourth-order valence-electron chi connectivity index (χ4n) is 1.55. The van der Waals surface area contributed by atoms with Gasteiger partial charge in [0.2, 0.25) is 5.91 Å². The Kier molecular flexibility index (Phi) is 4.88. The van der Waals surface area contributed by atoms with Gasteiger partial charge in [0, 0.05) is 10.2 Å². The van der Waals surface area contributed by atoms with Crippen LogP contribution in [-0.2, 0) is 4.79 Å². The molecule has 0 aromatic heterocycles. The fraction of sp³-hybridized carbons (Fsp3) is 0.417. The van der Waals surface area contributed by atoms with Crippen LogP contribution in [0.2, 0.25) is 0 Å². The van der Waals surface area contributed by atoms with Crippen molar-refractivity contribution in [1.29, 1.82) is 0 Å². The van der Waals surface area contributed by atoms with Gasteiger partial charge in [0.1, 0.15) is 0 Å². The van der Waals surface area contributed by atoms with E-state index in [-0.39, 0.29) is 5.91 Å². The third-order valence-corrected chi connectivity index (χ3v) is 4.23. The van der Waals surface area contributed by atoms with Crippen LogP contribution in [0.15, 0.2) is 28.7 Å². The van der Waals surface area contributed by atoms with Crippen molar-refractivity contribution >= 4 is 39.3 Å². The van der Waals surface area contributed by atoms with Crippen LogP contribution in [0.4, 0.5) is 5.69 Å². The predicted molar refractivity (Wildman–Crippen MR) is 76.5 cm³/mol. The van der Waals surface area contributed by atoms with Gasteiger partial charge in [0.05, 0.1) is 5.75 Å². The maximum Gasteiger partial charge on any atom is 0.234 e. The van der Waals surface area contributed by atoms with Crippen molar-refractivity contribution < 1.29 is 4.79 Å². The van der Waals surface area contributed by atoms with E-state index < -0.39 is 0 Å². The molecule has 0 unspecified atom stereocenters. The van der Waals surface area contributed by atoms with Crippen LogP contribution in [0.5, 0.6) is 0 Å². The van der Waals surface area contributed by atoms with Gasteiger partial charge in [-0.3, -0.25) is 4.79 Å². The molecule has 17 heavy (non-hydrogen) atoms. The third-order valence-electron chi connectivity index (χ3n) is 2.56. The van der Waals surface area contributed by atoms with Crippen molar-refractivity contribution in [1.82, 2.24) is 5.32 Å². The van der Waals surface area contributed by atoms with Gasteiger partial charge < -0.3 is 10.6 Å². The average Bonchev–Trinajstić information content (AvgIpc) is 2.22. The zero-order valence-electron chi connectivity index (χ0n) is 9.41. The van der Waals surface area contributed by atoms with Crippen LogP contribution in [0.3, 0.4) is 0 Å². The zero-order valence-corrected chi connectivity index (χ0v) is 11.8. The third kappa shape index (κ3) is 4.33. The van der Waals surface area contributed by atoms with E-state index in [1.54, 1.807) is 11.8 Å². The molecule has 1 aromatic rings. The maximum absolute atomic E-state index is 11.6. The first-order chi connectivity index (χ1) is 8.24. The van der Waals surface area contributed by atoms with Gasteiger partial charge in [0.25, 0.3) is 0 Å². The number of rotatable bonds is 5. The highest BCUT2D eigenvalue weighted by Gasteiger charge is 2.16. The lowest BCUT2D eigenvalue weighted by Crippen LogP contribution is -2.43. The standard InChI is InChI=1S/C12H15BrN2OS/c13-10-2-1-3-11(4-10)15-12(16)8-17-7-9-5-14-6-9/h1-4,9,14H,5-8H2,(H,15,16). The molecule has 0 radical (unpaired) electrons. The summed E-state index contributed by atoms with van der Waals surface area (Å²) in [6.45, 7) is 2.19. The van der Waals surface area contributed by atoms with E-state index in [1.165, 1.54) is 0 Å². The highest BCUT2D eigenvalue weighted by Crippen LogP contribution is 2.16. The molecular weight excluding hydrogens is 300 g/mol. The Labute approximate surface area is 114 Å². The molecule has 92 valence electrons. The molecule has 1 aliphatic heterocycles. The summed E-state index contributed by atoms with van der Waals surface area (Å²) in [6, 6.07) is 7.64. The number of nitrogens with one attached hydrogen (secondary N) is 2. The number of amides is 1. The summed E-state index contributed by atoms with van der Waals surface area (Å²) in [5, 5.41) is 6.11. The number of thioether (sulfide) groups is 1. The lowest BCUT2D eigenvalue weighted by molar-refractivity contribution is -0.113. The Hall–Kier alpha value is -0.520. The highest BCUT2D eigenvalue weighted by atomic mass is 79.9. The summed E-state index contributed by atoms with van der Waals surface area (Å²) in [6.07, 6.45) is 0. The van der Waals surface area contributed by atoms with Gasteiger partial charge >= 0.3 is 0 Å². The molecule has 0 bridgehead atoms. The number of halogens is 1. The minimum atomic E-state index is 0.0698. The Morgan fingerprint density at radius 1 is 1.53 bits per heavy atom. The molecule has 2 rings (SSSR count). The summed E-state index contributed by atoms with van der Waals surface area (Å²) in [5.74, 6) is 2.42. The van der Waals surface area contributed by atoms with Crippen LogP contribution in [0.1, 0.15) is 0 Å². The van der Waals surface area contributed by atoms with Gasteiger partial charge in [-0.2, -0.15) is 11.8 Å². The van der Waals surface area contributed by atoms with Gasteiger partial charge in [-0.05, 0) is 43.0 Å². The van der Waals surface area contributed by atoms with E-state index in [1.807, 2.05) is 24.3 Å². The predicted octanol–water partition coefficient (Wildman–Crippen LogP) is 2.34. The van der Waals surface area contributed by atoms with Gasteiger partial charge in [-0.15, -0.1) is 0 Å². The summed E-state index contributed by atoms with van der Waals surface area (Å²) >= 11 is 5.08. The van der Waals surface area contributed by atoms with Crippen molar-refractivity contribution in [2.45, 2.75) is 0 Å². The van der Waals surface area contributed by atoms with Gasteiger partial charge in [0.15, 0.2) is 0 Å². The van der Waals surface area contributed by atoms with Crippen LogP contribution in [0.25, 0.3) is 0 Å². The van der Waals surface area contributed by atoms with Crippen molar-refractivity contribution in [3.05, 3.63) is 28.7 Å². The molecule has 0 atom stereocenters. The van der Waals surface area contributed by atoms with E-state index >= 15 is 0 Å². The smallest absolute Gasteiger partial charge is 0.234 e. The molecule has 0 saturated carbocycles. The quantitative estimate of drug-likeness (QED) is 0.876. The Morgan fingerprint density at radius 2 is 2.35 bits per heavy atom. The number of benzene rings is 1. The summed E-state index contributed by atoms with van der Waals surface area (Å²) in [4.78, 5) is 11.6. The molecular formula is C12H15BrN2OS. The van der Waals surface area contributed by atoms with E-state index in [2.05, 4.69) is 26.6 Å². The normalized spacial score (nSPS) is 15.4. The zero-order chi connectivity index (χ0) is 12.1. The first-order valence-corrected chi connectivity index (χ1v) is 7.52. The lowest BCUT2D eigenvalue weighted by atomic mass is 10.1. The molecule has 0 aliphatic carbocycles. The molecule has 1 saturated heterocycles. The average molecular weight is 315 g/mol. The van der Waals surface area contributed by atoms with Crippen LogP contribution < -0.4 is 10.6 Å². The number of hydrogen-bond acceptors (Lipinski definition) is 3. The second-order valence-electron chi connectivity index (χ2n) is 4.10. The maximum atomic E-state index is 11.6. The van der Waals surface area contributed by atoms with E-state index in [0.717, 1.165) is 34.9 Å². The summed E-state index contributed by atoms with van der Waals surface area (Å²) in [7, 11) is 0. The number of hydrogen-bond donors (Lipinski definition) is 2. The second-order valence-corrected chi connectivity index (χ2v) is 6.04. The lowest BCUT2D eigenvalue weighted by Gasteiger charge is -2.26. The highest BCUT2D eigenvalue weighted by molar-refractivity contribution is 9.10. The Bertz CT molecular complexity index is 396. The molecule has 1 amide bonds. The van der Waals surface area contributed by atoms with E-state index in [0.29, 0.717) is 5.75 Å². The first-order valence-electron chi connectivity index (χ1n) is 5.58. The van der Waals surface area contributed by atoms with E-state index in [4.69, 9.17) is 0 Å². The minimum absolute atomic E-state index is 0.0698. The van der Waals surface area contributed by atoms with Gasteiger partial charge in [-0.25, -0.2) is 0 Å². The topological polar surface area (TPSA) is 41.1 Å². The van der Waals surface area contributed by atoms with E-state index in [9.17, 15) is 4.79 Å².